The molecule has 7 nitrogen and oxygen atoms in total. The van der Waals surface area contributed by atoms with Crippen LogP contribution in [0, 0.1) is 0 Å². The Bertz CT molecular complexity index is 1170. The number of nitrogens with one attached hydrogen (secondary N) is 2. The van der Waals surface area contributed by atoms with Crippen LogP contribution in [-0.4, -0.2) is 38.7 Å². The number of amides is 2. The van der Waals surface area contributed by atoms with E-state index in [-0.39, 0.29) is 24.1 Å². The minimum atomic E-state index is -0.293. The van der Waals surface area contributed by atoms with Crippen molar-refractivity contribution in [1.29, 1.82) is 0 Å². The average Bonchev–Trinajstić information content (AvgIpc) is 3.26. The fraction of sp³-hybridized carbons (Fsp3) is 0.111. The Morgan fingerprint density at radius 2 is 1.86 bits per heavy atom. The highest BCUT2D eigenvalue weighted by Gasteiger charge is 2.14. The van der Waals surface area contributed by atoms with E-state index >= 15 is 0 Å². The molecule has 4 rings (SSSR count). The number of thiazole rings is 1. The molecule has 0 unspecified atom stereocenters. The minimum Gasteiger partial charge on any atom is -0.346 e. The second-order valence-electron chi connectivity index (χ2n) is 5.76. The van der Waals surface area contributed by atoms with Gasteiger partial charge in [-0.05, 0) is 40.2 Å². The van der Waals surface area contributed by atoms with Gasteiger partial charge in [0.15, 0.2) is 5.16 Å². The van der Waals surface area contributed by atoms with Crippen LogP contribution in [0.3, 0.4) is 0 Å². The average molecular weight is 476 g/mol. The molecule has 0 spiro atoms. The molecule has 0 aliphatic carbocycles. The first-order chi connectivity index (χ1) is 13.6. The summed E-state index contributed by atoms with van der Waals surface area (Å²) in [6.07, 6.45) is 0. The van der Waals surface area contributed by atoms with E-state index < -0.39 is 0 Å². The second kappa shape index (κ2) is 8.29. The molecule has 2 aromatic carbocycles. The smallest absolute Gasteiger partial charge is 0.243 e. The summed E-state index contributed by atoms with van der Waals surface area (Å²) < 4.78 is 3.84. The van der Waals surface area contributed by atoms with E-state index in [0.29, 0.717) is 10.8 Å². The van der Waals surface area contributed by atoms with E-state index in [4.69, 9.17) is 0 Å². The third-order valence-corrected chi connectivity index (χ3v) is 6.47. The Hall–Kier alpha value is -2.43. The summed E-state index contributed by atoms with van der Waals surface area (Å²) in [4.78, 5) is 24.9. The zero-order chi connectivity index (χ0) is 19.5. The molecule has 2 N–H and O–H groups in total. The molecular weight excluding hydrogens is 462 g/mol. The Morgan fingerprint density at radius 3 is 2.71 bits per heavy atom. The summed E-state index contributed by atoms with van der Waals surface area (Å²) in [6, 6.07) is 15.3. The van der Waals surface area contributed by atoms with E-state index in [1.54, 1.807) is 17.4 Å². The molecule has 0 bridgehead atoms. The molecule has 142 valence electrons. The third kappa shape index (κ3) is 4.03. The van der Waals surface area contributed by atoms with Crippen LogP contribution in [0.2, 0.25) is 0 Å². The fourth-order valence-electron chi connectivity index (χ4n) is 2.57. The number of hydrogen-bond acceptors (Lipinski definition) is 6. The monoisotopic (exact) mass is 475 g/mol. The van der Waals surface area contributed by atoms with Crippen molar-refractivity contribution in [2.75, 3.05) is 17.6 Å². The molecule has 0 saturated carbocycles. The van der Waals surface area contributed by atoms with Gasteiger partial charge in [-0.3, -0.25) is 14.0 Å². The predicted octanol–water partition coefficient (Wildman–Crippen LogP) is 3.55. The quantitative estimate of drug-likeness (QED) is 0.416. The predicted molar refractivity (Wildman–Crippen MR) is 115 cm³/mol. The number of rotatable bonds is 6. The first-order valence-corrected chi connectivity index (χ1v) is 10.9. The minimum absolute atomic E-state index is 0.0998. The van der Waals surface area contributed by atoms with Gasteiger partial charge >= 0.3 is 0 Å². The summed E-state index contributed by atoms with van der Waals surface area (Å²) in [5.41, 5.74) is 1.68. The van der Waals surface area contributed by atoms with Crippen molar-refractivity contribution in [3.63, 3.8) is 0 Å². The number of fused-ring (bicyclic) bond motifs is 3. The highest BCUT2D eigenvalue weighted by molar-refractivity contribution is 9.10. The van der Waals surface area contributed by atoms with Crippen LogP contribution in [0.15, 0.2) is 58.2 Å². The molecule has 0 saturated heterocycles. The van der Waals surface area contributed by atoms with Crippen LogP contribution in [-0.2, 0) is 9.59 Å². The number of nitrogens with zero attached hydrogens (tertiary/aromatic N) is 3. The molecule has 2 aromatic heterocycles. The Labute approximate surface area is 176 Å². The van der Waals surface area contributed by atoms with Crippen molar-refractivity contribution >= 4 is 71.7 Å². The van der Waals surface area contributed by atoms with Crippen molar-refractivity contribution in [3.05, 3.63) is 53.0 Å². The number of aromatic nitrogens is 3. The normalized spacial score (nSPS) is 11.0. The maximum absolute atomic E-state index is 12.1. The highest BCUT2D eigenvalue weighted by atomic mass is 79.9. The van der Waals surface area contributed by atoms with Gasteiger partial charge in [0.25, 0.3) is 0 Å². The lowest BCUT2D eigenvalue weighted by atomic mass is 10.3. The van der Waals surface area contributed by atoms with Crippen molar-refractivity contribution in [2.45, 2.75) is 5.16 Å². The summed E-state index contributed by atoms with van der Waals surface area (Å²) in [5, 5.41) is 14.4. The number of halogens is 1. The Morgan fingerprint density at radius 1 is 1.07 bits per heavy atom. The van der Waals surface area contributed by atoms with E-state index in [0.717, 1.165) is 19.7 Å². The zero-order valence-corrected chi connectivity index (χ0v) is 17.6. The molecule has 2 amide bonds. The molecule has 0 atom stereocenters. The topological polar surface area (TPSA) is 88.4 Å². The van der Waals surface area contributed by atoms with Crippen molar-refractivity contribution in [3.8, 4) is 0 Å². The maximum atomic E-state index is 12.1. The number of carbonyl (C=O) groups is 2. The molecule has 0 aliphatic heterocycles. The van der Waals surface area contributed by atoms with Crippen LogP contribution in [0.1, 0.15) is 0 Å². The lowest BCUT2D eigenvalue weighted by Crippen LogP contribution is -2.34. The van der Waals surface area contributed by atoms with Crippen LogP contribution >= 0.6 is 39.0 Å². The van der Waals surface area contributed by atoms with Gasteiger partial charge in [-0.25, -0.2) is 0 Å². The van der Waals surface area contributed by atoms with Crippen molar-refractivity contribution < 1.29 is 9.59 Å². The van der Waals surface area contributed by atoms with E-state index in [1.807, 2.05) is 46.9 Å². The third-order valence-electron chi connectivity index (χ3n) is 3.84. The molecular formula is C18H14BrN5O2S2. The first-order valence-electron chi connectivity index (χ1n) is 8.28. The van der Waals surface area contributed by atoms with Gasteiger partial charge in [0.1, 0.15) is 0 Å². The molecule has 0 fully saturated rings. The summed E-state index contributed by atoms with van der Waals surface area (Å²) >= 11 is 6.20. The van der Waals surface area contributed by atoms with E-state index in [1.165, 1.54) is 11.8 Å². The van der Waals surface area contributed by atoms with Gasteiger partial charge in [0.2, 0.25) is 16.8 Å². The molecule has 0 radical (unpaired) electrons. The zero-order valence-electron chi connectivity index (χ0n) is 14.4. The summed E-state index contributed by atoms with van der Waals surface area (Å²) in [5.74, 6) is -0.393. The van der Waals surface area contributed by atoms with Gasteiger partial charge < -0.3 is 10.6 Å². The van der Waals surface area contributed by atoms with Gasteiger partial charge in [-0.2, -0.15) is 0 Å². The number of hydrogen-bond donors (Lipinski definition) is 2. The standard InChI is InChI=1S/C18H14BrN5O2S2/c19-11-5-1-2-6-12(11)21-15(25)9-20-16(26)10-27-17-22-23-18-24(17)13-7-3-4-8-14(13)28-18/h1-8H,9-10H2,(H,20,26)(H,21,25). The van der Waals surface area contributed by atoms with Crippen LogP contribution in [0.4, 0.5) is 5.69 Å². The largest absolute Gasteiger partial charge is 0.346 e. The van der Waals surface area contributed by atoms with Crippen molar-refractivity contribution in [2.24, 2.45) is 0 Å². The number of para-hydroxylation sites is 2. The lowest BCUT2D eigenvalue weighted by Gasteiger charge is -2.08. The van der Waals surface area contributed by atoms with Gasteiger partial charge in [0.05, 0.1) is 28.2 Å². The maximum Gasteiger partial charge on any atom is 0.243 e. The highest BCUT2D eigenvalue weighted by Crippen LogP contribution is 2.29. The van der Waals surface area contributed by atoms with Crippen molar-refractivity contribution in [1.82, 2.24) is 19.9 Å². The van der Waals surface area contributed by atoms with E-state index in [2.05, 4.69) is 36.8 Å². The van der Waals surface area contributed by atoms with Crippen LogP contribution in [0.5, 0.6) is 0 Å². The molecule has 4 aromatic rings. The van der Waals surface area contributed by atoms with E-state index in [9.17, 15) is 9.59 Å². The second-order valence-corrected chi connectivity index (χ2v) is 8.57. The Kier molecular flexibility index (Phi) is 5.60. The molecule has 28 heavy (non-hydrogen) atoms. The van der Waals surface area contributed by atoms with Gasteiger partial charge in [0, 0.05) is 4.47 Å². The molecule has 2 heterocycles. The van der Waals surface area contributed by atoms with Crippen LogP contribution in [0.25, 0.3) is 15.2 Å². The first kappa shape index (κ1) is 18.9. The SMILES string of the molecule is O=C(CSc1nnc2sc3ccccc3n12)NCC(=O)Nc1ccccc1Br. The number of anilines is 1. The number of benzene rings is 2. The van der Waals surface area contributed by atoms with Crippen LogP contribution < -0.4 is 10.6 Å². The summed E-state index contributed by atoms with van der Waals surface area (Å²) in [6.45, 7) is -0.0998. The fourth-order valence-corrected chi connectivity index (χ4v) is 4.75. The summed E-state index contributed by atoms with van der Waals surface area (Å²) in [7, 11) is 0. The number of carbonyl (C=O) groups excluding carboxylic acids is 2. The molecule has 10 heteroatoms. The van der Waals surface area contributed by atoms with Gasteiger partial charge in [-0.15, -0.1) is 10.2 Å². The number of thioether (sulfide) groups is 1. The Balaban J connectivity index is 1.33. The van der Waals surface area contributed by atoms with Gasteiger partial charge in [-0.1, -0.05) is 47.4 Å². The lowest BCUT2D eigenvalue weighted by molar-refractivity contribution is -0.122. The molecule has 0 aliphatic rings.